The second kappa shape index (κ2) is 7.98. The van der Waals surface area contributed by atoms with E-state index in [-0.39, 0.29) is 12.1 Å². The molecule has 0 aliphatic rings. The first-order valence-corrected chi connectivity index (χ1v) is 9.55. The van der Waals surface area contributed by atoms with Crippen molar-refractivity contribution in [2.75, 3.05) is 0 Å². The molecule has 1 N–H and O–H groups in total. The summed E-state index contributed by atoms with van der Waals surface area (Å²) in [5, 5.41) is 25.3. The van der Waals surface area contributed by atoms with Crippen molar-refractivity contribution in [1.82, 2.24) is 45.2 Å². The average Bonchev–Trinajstić information content (AvgIpc) is 3.33. The summed E-state index contributed by atoms with van der Waals surface area (Å²) in [6.45, 7) is 12.4. The lowest BCUT2D eigenvalue weighted by atomic mass is 10.1. The lowest BCUT2D eigenvalue weighted by Crippen LogP contribution is -2.13. The van der Waals surface area contributed by atoms with Crippen molar-refractivity contribution < 1.29 is 0 Å². The molecule has 0 saturated heterocycles. The zero-order chi connectivity index (χ0) is 19.6. The Labute approximate surface area is 159 Å². The van der Waals surface area contributed by atoms with E-state index in [0.717, 1.165) is 48.0 Å². The van der Waals surface area contributed by atoms with Gasteiger partial charge in [-0.3, -0.25) is 5.10 Å². The highest BCUT2D eigenvalue weighted by Gasteiger charge is 2.17. The van der Waals surface area contributed by atoms with Crippen LogP contribution >= 0.6 is 0 Å². The van der Waals surface area contributed by atoms with E-state index in [1.54, 1.807) is 15.8 Å². The number of aromatic nitrogens is 9. The third kappa shape index (κ3) is 4.58. The predicted octanol–water partition coefficient (Wildman–Crippen LogP) is 2.73. The summed E-state index contributed by atoms with van der Waals surface area (Å²) in [6.07, 6.45) is 4.27. The first-order chi connectivity index (χ1) is 12.8. The fourth-order valence-electron chi connectivity index (χ4n) is 2.91. The van der Waals surface area contributed by atoms with Crippen LogP contribution in [0.2, 0.25) is 0 Å². The molecule has 3 rings (SSSR count). The van der Waals surface area contributed by atoms with Crippen LogP contribution in [-0.2, 0) is 12.8 Å². The number of nitrogens with zero attached hydrogens (tertiary/aromatic N) is 8. The van der Waals surface area contributed by atoms with E-state index >= 15 is 0 Å². The number of hydrogen-bond donors (Lipinski definition) is 1. The standard InChI is InChI=1S/C18H29N9/c1-11(2)18-20-17(21-22-18)9-14(5)27-24-15(6)16(25-27)8-7-13(4)26-19-10-12(3)23-26/h10-11,13-14H,7-9H2,1-6H3,(H,20,21,22). The van der Waals surface area contributed by atoms with Gasteiger partial charge in [-0.25, -0.2) is 4.98 Å². The van der Waals surface area contributed by atoms with E-state index in [0.29, 0.717) is 5.92 Å². The van der Waals surface area contributed by atoms with Crippen molar-refractivity contribution in [2.24, 2.45) is 0 Å². The molecule has 27 heavy (non-hydrogen) atoms. The molecule has 0 aromatic carbocycles. The second-order valence-electron chi connectivity index (χ2n) is 7.59. The lowest BCUT2D eigenvalue weighted by Gasteiger charge is -2.10. The Hall–Kier alpha value is -2.58. The highest BCUT2D eigenvalue weighted by atomic mass is 15.5. The van der Waals surface area contributed by atoms with Crippen LogP contribution in [0.5, 0.6) is 0 Å². The van der Waals surface area contributed by atoms with E-state index < -0.39 is 0 Å². The summed E-state index contributed by atoms with van der Waals surface area (Å²) in [4.78, 5) is 8.11. The van der Waals surface area contributed by atoms with Gasteiger partial charge in [-0.05, 0) is 40.5 Å². The fourth-order valence-corrected chi connectivity index (χ4v) is 2.91. The van der Waals surface area contributed by atoms with Crippen molar-refractivity contribution in [3.05, 3.63) is 34.9 Å². The van der Waals surface area contributed by atoms with Crippen molar-refractivity contribution in [1.29, 1.82) is 0 Å². The summed E-state index contributed by atoms with van der Waals surface area (Å²) in [6, 6.07) is 0.336. The van der Waals surface area contributed by atoms with E-state index in [2.05, 4.69) is 58.2 Å². The van der Waals surface area contributed by atoms with Crippen LogP contribution in [0.4, 0.5) is 0 Å². The minimum absolute atomic E-state index is 0.110. The molecule has 0 bridgehead atoms. The summed E-state index contributed by atoms with van der Waals surface area (Å²) in [5.74, 6) is 2.03. The summed E-state index contributed by atoms with van der Waals surface area (Å²) in [5.41, 5.74) is 2.93. The van der Waals surface area contributed by atoms with Gasteiger partial charge in [0.2, 0.25) is 0 Å². The van der Waals surface area contributed by atoms with Gasteiger partial charge < -0.3 is 0 Å². The number of hydrogen-bond acceptors (Lipinski definition) is 6. The van der Waals surface area contributed by atoms with Gasteiger partial charge in [-0.15, -0.1) is 0 Å². The number of aromatic amines is 1. The first kappa shape index (κ1) is 19.2. The van der Waals surface area contributed by atoms with Gasteiger partial charge in [0.15, 0.2) is 5.82 Å². The van der Waals surface area contributed by atoms with Crippen LogP contribution < -0.4 is 0 Å². The molecule has 0 saturated carbocycles. The zero-order valence-electron chi connectivity index (χ0n) is 17.0. The molecule has 0 radical (unpaired) electrons. The average molecular weight is 371 g/mol. The van der Waals surface area contributed by atoms with Gasteiger partial charge in [0.25, 0.3) is 0 Å². The van der Waals surface area contributed by atoms with Gasteiger partial charge in [-0.1, -0.05) is 13.8 Å². The molecule has 3 heterocycles. The van der Waals surface area contributed by atoms with Crippen LogP contribution in [0, 0.1) is 13.8 Å². The van der Waals surface area contributed by atoms with E-state index in [4.69, 9.17) is 5.10 Å². The van der Waals surface area contributed by atoms with E-state index in [1.807, 2.05) is 13.8 Å². The summed E-state index contributed by atoms with van der Waals surface area (Å²) < 4.78 is 0. The molecule has 2 unspecified atom stereocenters. The smallest absolute Gasteiger partial charge is 0.153 e. The third-order valence-corrected chi connectivity index (χ3v) is 4.66. The Morgan fingerprint density at radius 2 is 1.78 bits per heavy atom. The van der Waals surface area contributed by atoms with Gasteiger partial charge >= 0.3 is 0 Å². The van der Waals surface area contributed by atoms with Crippen LogP contribution in [0.25, 0.3) is 0 Å². The van der Waals surface area contributed by atoms with Crippen molar-refractivity contribution >= 4 is 0 Å². The Kier molecular flexibility index (Phi) is 5.67. The zero-order valence-corrected chi connectivity index (χ0v) is 17.0. The molecular weight excluding hydrogens is 342 g/mol. The lowest BCUT2D eigenvalue weighted by molar-refractivity contribution is 0.400. The molecule has 146 valence electrons. The SMILES string of the molecule is Cc1cnn(C(C)CCc2nn(C(C)Cc3nc(C(C)C)n[nH]3)nc2C)n1. The third-order valence-electron chi connectivity index (χ3n) is 4.66. The Morgan fingerprint density at radius 3 is 2.41 bits per heavy atom. The second-order valence-corrected chi connectivity index (χ2v) is 7.59. The molecule has 3 aromatic rings. The van der Waals surface area contributed by atoms with Gasteiger partial charge in [0.1, 0.15) is 5.82 Å². The minimum atomic E-state index is 0.110. The van der Waals surface area contributed by atoms with Gasteiger partial charge in [-0.2, -0.15) is 35.1 Å². The number of nitrogens with one attached hydrogen (secondary N) is 1. The maximum atomic E-state index is 4.71. The monoisotopic (exact) mass is 371 g/mol. The molecular formula is C18H29N9. The quantitative estimate of drug-likeness (QED) is 0.653. The Balaban J connectivity index is 1.61. The molecule has 0 aliphatic carbocycles. The molecule has 0 spiro atoms. The summed E-state index contributed by atoms with van der Waals surface area (Å²) >= 11 is 0. The van der Waals surface area contributed by atoms with Crippen LogP contribution in [0.1, 0.15) is 80.8 Å². The van der Waals surface area contributed by atoms with Crippen molar-refractivity contribution in [3.8, 4) is 0 Å². The number of aryl methyl sites for hydroxylation is 3. The molecule has 0 aliphatic heterocycles. The number of rotatable bonds is 8. The Morgan fingerprint density at radius 1 is 1.00 bits per heavy atom. The minimum Gasteiger partial charge on any atom is -0.263 e. The molecule has 0 fully saturated rings. The largest absolute Gasteiger partial charge is 0.263 e. The van der Waals surface area contributed by atoms with Crippen LogP contribution in [0.3, 0.4) is 0 Å². The maximum absolute atomic E-state index is 4.71. The van der Waals surface area contributed by atoms with Crippen molar-refractivity contribution in [2.45, 2.75) is 78.8 Å². The molecule has 2 atom stereocenters. The molecule has 9 heteroatoms. The highest BCUT2D eigenvalue weighted by Crippen LogP contribution is 2.17. The topological polar surface area (TPSA) is 103 Å². The molecule has 0 amide bonds. The van der Waals surface area contributed by atoms with Crippen LogP contribution in [-0.4, -0.2) is 45.2 Å². The molecule has 3 aromatic heterocycles. The van der Waals surface area contributed by atoms with Gasteiger partial charge in [0, 0.05) is 12.3 Å². The van der Waals surface area contributed by atoms with E-state index in [9.17, 15) is 0 Å². The normalized spacial score (nSPS) is 14.0. The number of H-pyrrole nitrogens is 1. The maximum Gasteiger partial charge on any atom is 0.153 e. The predicted molar refractivity (Wildman–Crippen MR) is 101 cm³/mol. The van der Waals surface area contributed by atoms with Gasteiger partial charge in [0.05, 0.1) is 35.4 Å². The fraction of sp³-hybridized carbons (Fsp3) is 0.667. The van der Waals surface area contributed by atoms with Crippen LogP contribution in [0.15, 0.2) is 6.20 Å². The Bertz CT molecular complexity index is 873. The van der Waals surface area contributed by atoms with E-state index in [1.165, 1.54) is 0 Å². The van der Waals surface area contributed by atoms with Crippen molar-refractivity contribution in [3.63, 3.8) is 0 Å². The molecule has 9 nitrogen and oxygen atoms in total. The highest BCUT2D eigenvalue weighted by molar-refractivity contribution is 5.07. The summed E-state index contributed by atoms with van der Waals surface area (Å²) in [7, 11) is 0. The first-order valence-electron chi connectivity index (χ1n) is 9.55.